The molecule has 3 amide bonds. The molecule has 0 radical (unpaired) electrons. The van der Waals surface area contributed by atoms with Gasteiger partial charge in [-0.3, -0.25) is 14.4 Å². The molecule has 5 aliphatic rings. The van der Waals surface area contributed by atoms with Crippen LogP contribution in [0.5, 0.6) is 0 Å². The molecule has 0 aromatic heterocycles. The van der Waals surface area contributed by atoms with Gasteiger partial charge in [-0.25, -0.2) is 0 Å². The maximum absolute atomic E-state index is 12.6. The number of hydrogen-bond acceptors (Lipinski definition) is 25. The molecule has 0 unspecified atom stereocenters. The Labute approximate surface area is 364 Å². The van der Waals surface area contributed by atoms with Gasteiger partial charge in [0.2, 0.25) is 17.7 Å². The monoisotopic (exact) mass is 935 g/mol. The third kappa shape index (κ3) is 11.4. The number of ether oxygens (including phenoxy) is 9. The van der Waals surface area contributed by atoms with Gasteiger partial charge in [0.25, 0.3) is 0 Å². The number of hydrogen-bond donors (Lipinski definition) is 16. The summed E-state index contributed by atoms with van der Waals surface area (Å²) in [6.07, 6.45) is -39.7. The Morgan fingerprint density at radius 2 is 0.828 bits per heavy atom. The fourth-order valence-electron chi connectivity index (χ4n) is 8.16. The molecule has 25 atom stereocenters. The van der Waals surface area contributed by atoms with Gasteiger partial charge >= 0.3 is 0 Å². The van der Waals surface area contributed by atoms with Crippen molar-refractivity contribution in [3.05, 3.63) is 0 Å². The summed E-state index contributed by atoms with van der Waals surface area (Å²) < 4.78 is 52.8. The van der Waals surface area contributed by atoms with Gasteiger partial charge in [-0.15, -0.1) is 0 Å². The van der Waals surface area contributed by atoms with Gasteiger partial charge in [0.05, 0.1) is 32.5 Å². The van der Waals surface area contributed by atoms with E-state index in [0.29, 0.717) is 0 Å². The lowest BCUT2D eigenvalue weighted by molar-refractivity contribution is -0.400. The van der Waals surface area contributed by atoms with E-state index in [-0.39, 0.29) is 0 Å². The summed E-state index contributed by atoms with van der Waals surface area (Å²) in [5.41, 5.74) is 0. The molecule has 0 spiro atoms. The van der Waals surface area contributed by atoms with Crippen LogP contribution in [-0.4, -0.2) is 264 Å². The minimum absolute atomic E-state index is 0.715. The van der Waals surface area contributed by atoms with E-state index in [2.05, 4.69) is 16.0 Å². The van der Waals surface area contributed by atoms with E-state index in [1.54, 1.807) is 0 Å². The second kappa shape index (κ2) is 22.6. The van der Waals surface area contributed by atoms with Crippen LogP contribution in [0, 0.1) is 0 Å². The summed E-state index contributed by atoms with van der Waals surface area (Å²) in [5.74, 6) is -2.28. The fraction of sp³-hybridized carbons (Fsp3) is 0.917. The van der Waals surface area contributed by atoms with Crippen LogP contribution in [0.4, 0.5) is 0 Å². The highest BCUT2D eigenvalue weighted by Crippen LogP contribution is 2.37. The Hall–Kier alpha value is -2.47. The van der Waals surface area contributed by atoms with Crippen molar-refractivity contribution < 1.29 is 123 Å². The molecule has 5 heterocycles. The normalized spacial score (nSPS) is 47.7. The first-order chi connectivity index (χ1) is 30.2. The average molecular weight is 936 g/mol. The number of carbonyl (C=O) groups is 3. The Morgan fingerprint density at radius 1 is 0.406 bits per heavy atom. The third-order valence-electron chi connectivity index (χ3n) is 11.5. The van der Waals surface area contributed by atoms with Gasteiger partial charge in [0, 0.05) is 20.8 Å². The topological polar surface area (TPSA) is 433 Å². The molecular weight excluding hydrogens is 874 g/mol. The smallest absolute Gasteiger partial charge is 0.217 e. The van der Waals surface area contributed by atoms with E-state index in [1.165, 1.54) is 6.92 Å². The number of amides is 3. The Kier molecular flexibility index (Phi) is 18.5. The first-order valence-corrected chi connectivity index (χ1v) is 20.4. The van der Waals surface area contributed by atoms with E-state index in [1.807, 2.05) is 0 Å². The summed E-state index contributed by atoms with van der Waals surface area (Å²) >= 11 is 0. The first-order valence-electron chi connectivity index (χ1n) is 20.4. The second-order valence-electron chi connectivity index (χ2n) is 16.1. The molecule has 0 saturated carbocycles. The average Bonchev–Trinajstić information content (AvgIpc) is 3.24. The molecule has 0 aliphatic carbocycles. The zero-order chi connectivity index (χ0) is 47.5. The number of nitrogens with one attached hydrogen (secondary N) is 3. The molecule has 28 nitrogen and oxygen atoms in total. The third-order valence-corrected chi connectivity index (χ3v) is 11.5. The Bertz CT molecular complexity index is 1540. The molecule has 5 aliphatic heterocycles. The molecule has 5 saturated heterocycles. The zero-order valence-electron chi connectivity index (χ0n) is 35.0. The van der Waals surface area contributed by atoms with Crippen molar-refractivity contribution in [1.82, 2.24) is 16.0 Å². The van der Waals surface area contributed by atoms with Crippen LogP contribution >= 0.6 is 0 Å². The maximum Gasteiger partial charge on any atom is 0.217 e. The molecular formula is C36H61N3O25. The number of carbonyl (C=O) groups excluding carboxylic acids is 3. The molecule has 64 heavy (non-hydrogen) atoms. The molecule has 370 valence electrons. The number of rotatable bonds is 15. The van der Waals surface area contributed by atoms with Crippen molar-refractivity contribution in [3.63, 3.8) is 0 Å². The first kappa shape index (κ1) is 52.5. The van der Waals surface area contributed by atoms with E-state index >= 15 is 0 Å². The van der Waals surface area contributed by atoms with Crippen LogP contribution in [0.25, 0.3) is 0 Å². The van der Waals surface area contributed by atoms with Crippen LogP contribution in [-0.2, 0) is 57.0 Å². The highest BCUT2D eigenvalue weighted by Gasteiger charge is 2.58. The van der Waals surface area contributed by atoms with Crippen LogP contribution in [0.2, 0.25) is 0 Å². The molecule has 28 heteroatoms. The molecule has 16 N–H and O–H groups in total. The minimum Gasteiger partial charge on any atom is -0.394 e. The Balaban J connectivity index is 1.53. The highest BCUT2D eigenvalue weighted by atomic mass is 16.8. The van der Waals surface area contributed by atoms with Crippen LogP contribution in [0.1, 0.15) is 27.7 Å². The van der Waals surface area contributed by atoms with Crippen LogP contribution in [0.3, 0.4) is 0 Å². The highest BCUT2D eigenvalue weighted by molar-refractivity contribution is 5.74. The molecule has 5 rings (SSSR count). The molecule has 0 aromatic rings. The quantitative estimate of drug-likeness (QED) is 0.0725. The fourth-order valence-corrected chi connectivity index (χ4v) is 8.16. The molecule has 0 bridgehead atoms. The summed E-state index contributed by atoms with van der Waals surface area (Å²) in [4.78, 5) is 36.9. The van der Waals surface area contributed by atoms with Crippen LogP contribution < -0.4 is 16.0 Å². The van der Waals surface area contributed by atoms with Crippen molar-refractivity contribution in [1.29, 1.82) is 0 Å². The summed E-state index contributed by atoms with van der Waals surface area (Å²) in [7, 11) is 0. The van der Waals surface area contributed by atoms with E-state index in [4.69, 9.17) is 42.6 Å². The van der Waals surface area contributed by atoms with E-state index < -0.39 is 197 Å². The number of aliphatic hydroxyl groups excluding tert-OH is 13. The largest absolute Gasteiger partial charge is 0.394 e. The lowest BCUT2D eigenvalue weighted by Crippen LogP contribution is -2.71. The maximum atomic E-state index is 12.6. The summed E-state index contributed by atoms with van der Waals surface area (Å²) in [6.45, 7) is 0.737. The van der Waals surface area contributed by atoms with Gasteiger partial charge < -0.3 is 125 Å². The van der Waals surface area contributed by atoms with Gasteiger partial charge in [-0.1, -0.05) is 0 Å². The van der Waals surface area contributed by atoms with Crippen molar-refractivity contribution in [2.75, 3.05) is 26.4 Å². The number of aliphatic hydroxyl groups is 13. The lowest BCUT2D eigenvalue weighted by atomic mass is 9.93. The summed E-state index contributed by atoms with van der Waals surface area (Å²) in [6, 6.07) is -4.86. The predicted molar refractivity (Wildman–Crippen MR) is 200 cm³/mol. The standard InChI is InChI=1S/C36H61N3O25/c1-9-20(47)26(53)27(54)35(56-9)64-31-30(63-33-17(37-10(2)44)24(51)21(48)13(5-40)58-33)23(50)15(7-42)59-36(31)61-28-16(8-43)60-34(18(25(28)52)38-11(3)45)62-29-19(39-12(4)46)32(55)57-14(6-41)22(29)49/h9,13-36,40-43,47-55H,5-8H2,1-4H3,(H,37,44)(H,38,45)(H,39,46)/t9-,13+,14+,15+,16+,17+,18+,19+,20+,21-,22-,23-,24+,25+,26+,27-,28+,29+,30-,31+,32+,33+,34-,35-,36-/m0/s1. The van der Waals surface area contributed by atoms with Crippen LogP contribution in [0.15, 0.2) is 0 Å². The van der Waals surface area contributed by atoms with Gasteiger partial charge in [-0.05, 0) is 6.92 Å². The lowest BCUT2D eigenvalue weighted by Gasteiger charge is -2.51. The van der Waals surface area contributed by atoms with E-state index in [9.17, 15) is 80.8 Å². The second-order valence-corrected chi connectivity index (χ2v) is 16.1. The van der Waals surface area contributed by atoms with Crippen molar-refractivity contribution in [3.8, 4) is 0 Å². The predicted octanol–water partition coefficient (Wildman–Crippen LogP) is -10.5. The SMILES string of the molecule is CC(=O)N[C@@H]1[C@@H](O[C@@H]2O[C@H](CO)[C@@H](O[C@@H]3O[C@H](CO)[C@H](O)[C@H](O[C@H]4O[C@H](CO)[C@H](O)[C@H](O)[C@H]4NC(C)=O)[C@H]3O[C@@H]3O[C@@H](C)[C@@H](O)[C@@H](O)[C@@H]3O)[C@H](O)[C@H]2NC(C)=O)[C@@H](O)[C@@H](CO)O[C@H]1O. The van der Waals surface area contributed by atoms with Gasteiger partial charge in [0.15, 0.2) is 31.5 Å². The minimum atomic E-state index is -2.05. The molecule has 5 fully saturated rings. The Morgan fingerprint density at radius 3 is 1.38 bits per heavy atom. The van der Waals surface area contributed by atoms with Crippen molar-refractivity contribution in [2.45, 2.75) is 181 Å². The summed E-state index contributed by atoms with van der Waals surface area (Å²) in [5, 5.41) is 147. The van der Waals surface area contributed by atoms with Gasteiger partial charge in [0.1, 0.15) is 116 Å². The van der Waals surface area contributed by atoms with E-state index in [0.717, 1.165) is 20.8 Å². The molecule has 0 aromatic carbocycles. The van der Waals surface area contributed by atoms with Crippen molar-refractivity contribution >= 4 is 17.7 Å². The zero-order valence-corrected chi connectivity index (χ0v) is 35.0. The van der Waals surface area contributed by atoms with Gasteiger partial charge in [-0.2, -0.15) is 0 Å². The van der Waals surface area contributed by atoms with Crippen molar-refractivity contribution in [2.24, 2.45) is 0 Å².